The smallest absolute Gasteiger partial charge is 0.258 e. The summed E-state index contributed by atoms with van der Waals surface area (Å²) in [6, 6.07) is 0. The molecule has 0 fully saturated rings. The minimum atomic E-state index is -1.19. The highest BCUT2D eigenvalue weighted by molar-refractivity contribution is 7.81. The third-order valence-corrected chi connectivity index (χ3v) is 0.715. The number of amides is 1. The third-order valence-electron chi connectivity index (χ3n) is 0.481. The lowest BCUT2D eigenvalue weighted by molar-refractivity contribution is -0.124. The lowest BCUT2D eigenvalue weighted by Crippen LogP contribution is -2.27. The van der Waals surface area contributed by atoms with Crippen molar-refractivity contribution in [2.75, 3.05) is 7.05 Å². The number of carbonyl (C=O) groups excluding carboxylic acids is 1. The van der Waals surface area contributed by atoms with Crippen molar-refractivity contribution >= 4 is 18.5 Å². The van der Waals surface area contributed by atoms with E-state index in [1.54, 1.807) is 0 Å². The van der Waals surface area contributed by atoms with Crippen molar-refractivity contribution in [2.24, 2.45) is 0 Å². The van der Waals surface area contributed by atoms with Gasteiger partial charge in [0.15, 0.2) is 5.44 Å². The zero-order chi connectivity index (χ0) is 5.86. The molecule has 1 atom stereocenters. The quantitative estimate of drug-likeness (QED) is 0.307. The monoisotopic (exact) mass is 121 g/mol. The molecule has 42 valence electrons. The molecule has 0 aliphatic heterocycles. The van der Waals surface area contributed by atoms with Gasteiger partial charge in [-0.1, -0.05) is 0 Å². The van der Waals surface area contributed by atoms with Gasteiger partial charge in [-0.3, -0.25) is 4.79 Å². The molecule has 7 heavy (non-hydrogen) atoms. The van der Waals surface area contributed by atoms with E-state index in [0.29, 0.717) is 0 Å². The molecule has 0 aliphatic rings. The fourth-order valence-corrected chi connectivity index (χ4v) is 0.258. The number of thiol groups is 1. The molecule has 0 saturated carbocycles. The minimum Gasteiger partial charge on any atom is -0.373 e. The van der Waals surface area contributed by atoms with Crippen molar-refractivity contribution in [2.45, 2.75) is 5.44 Å². The molecule has 3 nitrogen and oxygen atoms in total. The number of aliphatic hydroxyl groups excluding tert-OH is 1. The molecule has 4 heteroatoms. The van der Waals surface area contributed by atoms with Crippen LogP contribution in [0.5, 0.6) is 0 Å². The molecular formula is C3H7NO2S. The van der Waals surface area contributed by atoms with Crippen LogP contribution in [0, 0.1) is 0 Å². The topological polar surface area (TPSA) is 49.3 Å². The van der Waals surface area contributed by atoms with Gasteiger partial charge >= 0.3 is 0 Å². The summed E-state index contributed by atoms with van der Waals surface area (Å²) in [5.74, 6) is -0.483. The molecule has 0 bridgehead atoms. The first-order chi connectivity index (χ1) is 3.18. The first-order valence-corrected chi connectivity index (χ1v) is 2.28. The average Bonchev–Trinajstić information content (AvgIpc) is 1.65. The number of aliphatic hydroxyl groups is 1. The molecule has 0 heterocycles. The van der Waals surface area contributed by atoms with Crippen LogP contribution in [0.2, 0.25) is 0 Å². The van der Waals surface area contributed by atoms with Crippen molar-refractivity contribution < 1.29 is 9.90 Å². The normalized spacial score (nSPS) is 13.0. The Labute approximate surface area is 47.1 Å². The van der Waals surface area contributed by atoms with Crippen LogP contribution < -0.4 is 5.32 Å². The Bertz CT molecular complexity index is 73.3. The van der Waals surface area contributed by atoms with Gasteiger partial charge in [-0.2, -0.15) is 0 Å². The maximum atomic E-state index is 10.1. The van der Waals surface area contributed by atoms with Gasteiger partial charge < -0.3 is 10.4 Å². The highest BCUT2D eigenvalue weighted by Gasteiger charge is 2.03. The summed E-state index contributed by atoms with van der Waals surface area (Å²) in [6.45, 7) is 0. The van der Waals surface area contributed by atoms with Gasteiger partial charge in [-0.05, 0) is 0 Å². The molecule has 2 N–H and O–H groups in total. The Hall–Kier alpha value is -0.220. The summed E-state index contributed by atoms with van der Waals surface area (Å²) in [7, 11) is 1.43. The molecule has 0 saturated heterocycles. The Morgan fingerprint density at radius 2 is 2.43 bits per heavy atom. The second-order valence-corrected chi connectivity index (χ2v) is 1.48. The molecule has 0 radical (unpaired) electrons. The highest BCUT2D eigenvalue weighted by atomic mass is 32.1. The number of carbonyl (C=O) groups is 1. The van der Waals surface area contributed by atoms with E-state index in [1.165, 1.54) is 7.05 Å². The predicted octanol–water partition coefficient (Wildman–Crippen LogP) is -1.02. The van der Waals surface area contributed by atoms with E-state index >= 15 is 0 Å². The van der Waals surface area contributed by atoms with Gasteiger partial charge in [-0.15, -0.1) is 12.6 Å². The van der Waals surface area contributed by atoms with Crippen LogP contribution >= 0.6 is 12.6 Å². The van der Waals surface area contributed by atoms with Gasteiger partial charge in [0, 0.05) is 7.05 Å². The molecule has 0 aliphatic carbocycles. The van der Waals surface area contributed by atoms with E-state index in [-0.39, 0.29) is 0 Å². The second kappa shape index (κ2) is 2.87. The molecular weight excluding hydrogens is 114 g/mol. The summed E-state index contributed by atoms with van der Waals surface area (Å²) in [5.41, 5.74) is -1.19. The van der Waals surface area contributed by atoms with Crippen LogP contribution in [-0.2, 0) is 4.79 Å². The summed E-state index contributed by atoms with van der Waals surface area (Å²) >= 11 is 3.42. The number of hydrogen-bond donors (Lipinski definition) is 3. The molecule has 0 aromatic heterocycles. The zero-order valence-electron chi connectivity index (χ0n) is 3.88. The van der Waals surface area contributed by atoms with Gasteiger partial charge in [0.2, 0.25) is 0 Å². The number of nitrogens with one attached hydrogen (secondary N) is 1. The number of rotatable bonds is 1. The van der Waals surface area contributed by atoms with Crippen molar-refractivity contribution in [1.82, 2.24) is 5.32 Å². The van der Waals surface area contributed by atoms with E-state index in [1.807, 2.05) is 0 Å². The Morgan fingerprint density at radius 1 is 2.00 bits per heavy atom. The van der Waals surface area contributed by atoms with Crippen LogP contribution in [0.4, 0.5) is 0 Å². The Balaban J connectivity index is 3.35. The minimum absolute atomic E-state index is 0.483. The molecule has 0 rings (SSSR count). The van der Waals surface area contributed by atoms with Gasteiger partial charge in [-0.25, -0.2) is 0 Å². The number of hydrogen-bond acceptors (Lipinski definition) is 3. The van der Waals surface area contributed by atoms with Crippen LogP contribution in [-0.4, -0.2) is 23.5 Å². The van der Waals surface area contributed by atoms with E-state index in [9.17, 15) is 4.79 Å². The molecule has 0 aromatic rings. The van der Waals surface area contributed by atoms with Gasteiger partial charge in [0.1, 0.15) is 0 Å². The average molecular weight is 121 g/mol. The number of likely N-dealkylation sites (N-methyl/N-ethyl adjacent to an activating group) is 1. The van der Waals surface area contributed by atoms with E-state index in [2.05, 4.69) is 17.9 Å². The zero-order valence-corrected chi connectivity index (χ0v) is 4.77. The second-order valence-electron chi connectivity index (χ2n) is 0.988. The maximum Gasteiger partial charge on any atom is 0.258 e. The third kappa shape index (κ3) is 2.47. The van der Waals surface area contributed by atoms with E-state index in [0.717, 1.165) is 0 Å². The molecule has 0 spiro atoms. The summed E-state index contributed by atoms with van der Waals surface area (Å²) in [4.78, 5) is 10.1. The fraction of sp³-hybridized carbons (Fsp3) is 0.667. The van der Waals surface area contributed by atoms with Crippen LogP contribution in [0.25, 0.3) is 0 Å². The van der Waals surface area contributed by atoms with Crippen LogP contribution in [0.1, 0.15) is 0 Å². The Kier molecular flexibility index (Phi) is 2.78. The summed E-state index contributed by atoms with van der Waals surface area (Å²) in [6.07, 6.45) is 0. The van der Waals surface area contributed by atoms with E-state index in [4.69, 9.17) is 5.11 Å². The van der Waals surface area contributed by atoms with Crippen molar-refractivity contribution in [3.63, 3.8) is 0 Å². The highest BCUT2D eigenvalue weighted by Crippen LogP contribution is 1.84. The van der Waals surface area contributed by atoms with Gasteiger partial charge in [0.25, 0.3) is 5.91 Å². The fourth-order valence-electron chi connectivity index (χ4n) is 0.129. The summed E-state index contributed by atoms with van der Waals surface area (Å²) in [5, 5.41) is 10.5. The largest absolute Gasteiger partial charge is 0.373 e. The predicted molar refractivity (Wildman–Crippen MR) is 29.1 cm³/mol. The first kappa shape index (κ1) is 6.78. The maximum absolute atomic E-state index is 10.1. The lowest BCUT2D eigenvalue weighted by atomic mass is 10.7. The molecule has 1 amide bonds. The van der Waals surface area contributed by atoms with Crippen molar-refractivity contribution in [1.29, 1.82) is 0 Å². The van der Waals surface area contributed by atoms with E-state index < -0.39 is 11.3 Å². The van der Waals surface area contributed by atoms with Crippen molar-refractivity contribution in [3.8, 4) is 0 Å². The van der Waals surface area contributed by atoms with Crippen molar-refractivity contribution in [3.05, 3.63) is 0 Å². The van der Waals surface area contributed by atoms with Crippen LogP contribution in [0.3, 0.4) is 0 Å². The first-order valence-electron chi connectivity index (χ1n) is 1.76. The van der Waals surface area contributed by atoms with Crippen LogP contribution in [0.15, 0.2) is 0 Å². The summed E-state index contributed by atoms with van der Waals surface area (Å²) < 4.78 is 0. The standard InChI is InChI=1S/C3H7NO2S/c1-4-2(5)3(6)7/h3,6-7H,1H3,(H,4,5). The SMILES string of the molecule is CNC(=O)C(O)S. The molecule has 0 aromatic carbocycles. The Morgan fingerprint density at radius 3 is 2.43 bits per heavy atom. The van der Waals surface area contributed by atoms with Gasteiger partial charge in [0.05, 0.1) is 0 Å². The lowest BCUT2D eigenvalue weighted by Gasteiger charge is -1.97. The molecule has 1 unspecified atom stereocenters.